The molecule has 0 spiro atoms. The van der Waals surface area contributed by atoms with Gasteiger partial charge in [0.15, 0.2) is 28.4 Å². The quantitative estimate of drug-likeness (QED) is 0.374. The van der Waals surface area contributed by atoms with E-state index in [4.69, 9.17) is 0 Å². The summed E-state index contributed by atoms with van der Waals surface area (Å²) in [5.74, 6) is -4.29. The van der Waals surface area contributed by atoms with Crippen molar-refractivity contribution in [3.05, 3.63) is 71.3 Å². The van der Waals surface area contributed by atoms with Gasteiger partial charge in [-0.25, -0.2) is 13.2 Å². The zero-order valence-corrected chi connectivity index (χ0v) is 18.8. The Morgan fingerprint density at radius 1 is 1.09 bits per heavy atom. The van der Waals surface area contributed by atoms with E-state index in [0.717, 1.165) is 41.7 Å². The highest BCUT2D eigenvalue weighted by Gasteiger charge is 2.23. The highest BCUT2D eigenvalue weighted by molar-refractivity contribution is 7.99. The fourth-order valence-electron chi connectivity index (χ4n) is 3.29. The number of carbonyl (C=O) groups excluding carboxylic acids is 1. The minimum atomic E-state index is -1.63. The number of nitrogens with zero attached hydrogens (tertiary/aromatic N) is 4. The molecule has 0 unspecified atom stereocenters. The lowest BCUT2D eigenvalue weighted by Gasteiger charge is -2.23. The SMILES string of the molecule is CC[C@@H](c1nnc(SCC(=O)Nc2ccc(F)c(F)c2F)n1Cc1ccccc1)N(C)C. The van der Waals surface area contributed by atoms with Crippen LogP contribution in [0.5, 0.6) is 0 Å². The van der Waals surface area contributed by atoms with Gasteiger partial charge in [0.1, 0.15) is 0 Å². The zero-order valence-electron chi connectivity index (χ0n) is 18.0. The predicted octanol–water partition coefficient (Wildman–Crippen LogP) is 4.49. The molecular formula is C22H24F3N5OS. The van der Waals surface area contributed by atoms with E-state index in [2.05, 4.69) is 27.3 Å². The average Bonchev–Trinajstić information content (AvgIpc) is 3.16. The van der Waals surface area contributed by atoms with Crippen LogP contribution in [-0.4, -0.2) is 45.4 Å². The molecule has 32 heavy (non-hydrogen) atoms. The van der Waals surface area contributed by atoms with Gasteiger partial charge in [0.05, 0.1) is 24.0 Å². The Morgan fingerprint density at radius 2 is 1.81 bits per heavy atom. The van der Waals surface area contributed by atoms with Crippen molar-refractivity contribution in [3.8, 4) is 0 Å². The largest absolute Gasteiger partial charge is 0.323 e. The van der Waals surface area contributed by atoms with Gasteiger partial charge in [-0.1, -0.05) is 49.0 Å². The summed E-state index contributed by atoms with van der Waals surface area (Å²) in [6, 6.07) is 11.6. The predicted molar refractivity (Wildman–Crippen MR) is 118 cm³/mol. The molecule has 2 aromatic carbocycles. The van der Waals surface area contributed by atoms with Crippen LogP contribution in [0.25, 0.3) is 0 Å². The lowest BCUT2D eigenvalue weighted by molar-refractivity contribution is -0.113. The number of halogens is 3. The fraction of sp³-hybridized carbons (Fsp3) is 0.318. The number of thioether (sulfide) groups is 1. The first-order chi connectivity index (χ1) is 15.3. The molecule has 0 aliphatic carbocycles. The van der Waals surface area contributed by atoms with Crippen LogP contribution in [0.4, 0.5) is 18.9 Å². The summed E-state index contributed by atoms with van der Waals surface area (Å²) in [5, 5.41) is 11.4. The summed E-state index contributed by atoms with van der Waals surface area (Å²) in [7, 11) is 3.93. The third kappa shape index (κ3) is 5.49. The Morgan fingerprint density at radius 3 is 2.47 bits per heavy atom. The molecule has 10 heteroatoms. The second kappa shape index (κ2) is 10.6. The molecule has 1 atom stereocenters. The summed E-state index contributed by atoms with van der Waals surface area (Å²) in [5.41, 5.74) is 0.636. The third-order valence-electron chi connectivity index (χ3n) is 4.88. The number of benzene rings is 2. The van der Waals surface area contributed by atoms with Crippen molar-refractivity contribution < 1.29 is 18.0 Å². The van der Waals surface area contributed by atoms with E-state index in [1.165, 1.54) is 0 Å². The van der Waals surface area contributed by atoms with Crippen molar-refractivity contribution in [2.45, 2.75) is 31.1 Å². The third-order valence-corrected chi connectivity index (χ3v) is 5.85. The molecule has 3 rings (SSSR count). The summed E-state index contributed by atoms with van der Waals surface area (Å²) >= 11 is 1.14. The van der Waals surface area contributed by atoms with Crippen molar-refractivity contribution in [2.24, 2.45) is 0 Å². The van der Waals surface area contributed by atoms with Gasteiger partial charge in [0.25, 0.3) is 0 Å². The summed E-state index contributed by atoms with van der Waals surface area (Å²) < 4.78 is 42.3. The van der Waals surface area contributed by atoms with Gasteiger partial charge in [-0.2, -0.15) is 0 Å². The molecule has 0 saturated carbocycles. The van der Waals surface area contributed by atoms with Crippen LogP contribution >= 0.6 is 11.8 Å². The maximum absolute atomic E-state index is 13.8. The minimum absolute atomic E-state index is 0.0330. The van der Waals surface area contributed by atoms with E-state index in [1.54, 1.807) is 0 Å². The molecule has 1 aromatic heterocycles. The molecule has 0 aliphatic heterocycles. The molecule has 170 valence electrons. The van der Waals surface area contributed by atoms with Crippen LogP contribution in [0.1, 0.15) is 30.8 Å². The number of aromatic nitrogens is 3. The first-order valence-electron chi connectivity index (χ1n) is 10.0. The highest BCUT2D eigenvalue weighted by atomic mass is 32.2. The maximum atomic E-state index is 13.8. The number of nitrogens with one attached hydrogen (secondary N) is 1. The molecule has 1 amide bonds. The Bertz CT molecular complexity index is 1070. The zero-order chi connectivity index (χ0) is 23.3. The summed E-state index contributed by atoms with van der Waals surface area (Å²) in [6.07, 6.45) is 0.820. The number of hydrogen-bond acceptors (Lipinski definition) is 5. The summed E-state index contributed by atoms with van der Waals surface area (Å²) in [4.78, 5) is 14.4. The smallest absolute Gasteiger partial charge is 0.234 e. The van der Waals surface area contributed by atoms with Gasteiger partial charge in [-0.3, -0.25) is 9.69 Å². The first kappa shape index (κ1) is 23.8. The minimum Gasteiger partial charge on any atom is -0.323 e. The summed E-state index contributed by atoms with van der Waals surface area (Å²) in [6.45, 7) is 2.58. The van der Waals surface area contributed by atoms with Crippen LogP contribution in [-0.2, 0) is 11.3 Å². The Kier molecular flexibility index (Phi) is 7.92. The van der Waals surface area contributed by atoms with Crippen LogP contribution < -0.4 is 5.32 Å². The average molecular weight is 464 g/mol. The standard InChI is InChI=1S/C22H24F3N5OS/c1-4-17(29(2)3)21-27-28-22(30(21)12-14-8-6-5-7-9-14)32-13-18(31)26-16-11-10-15(23)19(24)20(16)25/h5-11,17H,4,12-13H2,1-3H3,(H,26,31)/t17-/m0/s1. The van der Waals surface area contributed by atoms with Crippen LogP contribution in [0, 0.1) is 17.5 Å². The fourth-order valence-corrected chi connectivity index (χ4v) is 4.03. The highest BCUT2D eigenvalue weighted by Crippen LogP contribution is 2.27. The van der Waals surface area contributed by atoms with E-state index < -0.39 is 29.0 Å². The van der Waals surface area contributed by atoms with Gasteiger partial charge >= 0.3 is 0 Å². The lowest BCUT2D eigenvalue weighted by atomic mass is 10.2. The molecule has 6 nitrogen and oxygen atoms in total. The Hall–Kier alpha value is -2.85. The van der Waals surface area contributed by atoms with Gasteiger partial charge < -0.3 is 9.88 Å². The molecule has 0 saturated heterocycles. The molecule has 0 radical (unpaired) electrons. The first-order valence-corrected chi connectivity index (χ1v) is 11.0. The van der Waals surface area contributed by atoms with Crippen molar-refractivity contribution in [1.82, 2.24) is 19.7 Å². The van der Waals surface area contributed by atoms with Crippen LogP contribution in [0.15, 0.2) is 47.6 Å². The molecule has 1 N–H and O–H groups in total. The number of anilines is 1. The number of rotatable bonds is 9. The lowest BCUT2D eigenvalue weighted by Crippen LogP contribution is -2.23. The van der Waals surface area contributed by atoms with Crippen LogP contribution in [0.2, 0.25) is 0 Å². The van der Waals surface area contributed by atoms with Crippen molar-refractivity contribution >= 4 is 23.4 Å². The second-order valence-electron chi connectivity index (χ2n) is 7.36. The molecule has 0 bridgehead atoms. The van der Waals surface area contributed by atoms with E-state index >= 15 is 0 Å². The molecule has 1 heterocycles. The maximum Gasteiger partial charge on any atom is 0.234 e. The van der Waals surface area contributed by atoms with E-state index in [1.807, 2.05) is 49.0 Å². The van der Waals surface area contributed by atoms with Crippen molar-refractivity contribution in [3.63, 3.8) is 0 Å². The van der Waals surface area contributed by atoms with Crippen LogP contribution in [0.3, 0.4) is 0 Å². The van der Waals surface area contributed by atoms with Crippen molar-refractivity contribution in [1.29, 1.82) is 0 Å². The second-order valence-corrected chi connectivity index (χ2v) is 8.30. The van der Waals surface area contributed by atoms with E-state index in [9.17, 15) is 18.0 Å². The Balaban J connectivity index is 1.79. The Labute approximate surface area is 188 Å². The molecular weight excluding hydrogens is 439 g/mol. The number of amides is 1. The van der Waals surface area contributed by atoms with Gasteiger partial charge in [-0.15, -0.1) is 10.2 Å². The van der Waals surface area contributed by atoms with E-state index in [0.29, 0.717) is 11.7 Å². The number of hydrogen-bond donors (Lipinski definition) is 1. The van der Waals surface area contributed by atoms with Gasteiger partial charge in [0, 0.05) is 0 Å². The molecule has 0 aliphatic rings. The monoisotopic (exact) mass is 463 g/mol. The van der Waals surface area contributed by atoms with Gasteiger partial charge in [-0.05, 0) is 38.2 Å². The number of carbonyl (C=O) groups is 1. The molecule has 0 fully saturated rings. The van der Waals surface area contributed by atoms with Gasteiger partial charge in [0.2, 0.25) is 5.91 Å². The topological polar surface area (TPSA) is 63.1 Å². The molecule has 3 aromatic rings. The van der Waals surface area contributed by atoms with E-state index in [-0.39, 0.29) is 11.8 Å². The normalized spacial score (nSPS) is 12.2. The van der Waals surface area contributed by atoms with Crippen molar-refractivity contribution in [2.75, 3.05) is 25.2 Å².